The number of nitrogens with one attached hydrogen (secondary N) is 2. The van der Waals surface area contributed by atoms with Crippen molar-refractivity contribution in [2.75, 3.05) is 33.0 Å². The van der Waals surface area contributed by atoms with Gasteiger partial charge in [0.1, 0.15) is 18.8 Å². The highest BCUT2D eigenvalue weighted by Crippen LogP contribution is 2.30. The van der Waals surface area contributed by atoms with Gasteiger partial charge >= 0.3 is 23.9 Å². The number of hydrogen-bond donors (Lipinski definition) is 2. The Morgan fingerprint density at radius 1 is 0.735 bits per heavy atom. The highest BCUT2D eigenvalue weighted by molar-refractivity contribution is 5.77. The molecule has 0 radical (unpaired) electrons. The van der Waals surface area contributed by atoms with Crippen molar-refractivity contribution in [1.29, 1.82) is 0 Å². The second kappa shape index (κ2) is 19.5. The van der Waals surface area contributed by atoms with Crippen molar-refractivity contribution in [2.24, 2.45) is 0 Å². The Morgan fingerprint density at radius 3 is 1.90 bits per heavy atom. The summed E-state index contributed by atoms with van der Waals surface area (Å²) in [4.78, 5) is 70.9. The number of rotatable bonds is 17. The molecule has 1 aliphatic heterocycles. The van der Waals surface area contributed by atoms with Gasteiger partial charge in [-0.2, -0.15) is 8.78 Å². The predicted octanol–water partition coefficient (Wildman–Crippen LogP) is 1.26. The van der Waals surface area contributed by atoms with Gasteiger partial charge in [0.15, 0.2) is 18.5 Å². The van der Waals surface area contributed by atoms with Crippen LogP contribution in [0, 0.1) is 29.1 Å². The molecule has 1 aliphatic rings. The number of ether oxygens (including phenoxy) is 7. The average molecular weight is 715 g/mol. The summed E-state index contributed by atoms with van der Waals surface area (Å²) in [5.74, 6) is -18.0. The van der Waals surface area contributed by atoms with Gasteiger partial charge < -0.3 is 43.8 Å². The fraction of sp³-hybridized carbons (Fsp3) is 0.586. The van der Waals surface area contributed by atoms with Crippen LogP contribution in [-0.4, -0.2) is 99.3 Å². The summed E-state index contributed by atoms with van der Waals surface area (Å²) in [6, 6.07) is -1.17. The minimum Gasteiger partial charge on any atom is -0.463 e. The van der Waals surface area contributed by atoms with Crippen molar-refractivity contribution < 1.29 is 83.9 Å². The summed E-state index contributed by atoms with van der Waals surface area (Å²) in [7, 11) is 0. The smallest absolute Gasteiger partial charge is 0.311 e. The highest BCUT2D eigenvalue weighted by atomic mass is 19.2. The summed E-state index contributed by atoms with van der Waals surface area (Å²) < 4.78 is 104. The number of halogens is 5. The van der Waals surface area contributed by atoms with Gasteiger partial charge in [0.2, 0.25) is 46.6 Å². The van der Waals surface area contributed by atoms with Gasteiger partial charge in [-0.15, -0.1) is 0 Å². The molecule has 0 aliphatic carbocycles. The lowest BCUT2D eigenvalue weighted by atomic mass is 9.96. The van der Waals surface area contributed by atoms with E-state index in [0.29, 0.717) is 0 Å². The normalized spacial score (nSPS) is 20.1. The first kappa shape index (κ1) is 40.7. The number of carbonyl (C=O) groups is 6. The van der Waals surface area contributed by atoms with Gasteiger partial charge in [0.05, 0.1) is 19.8 Å². The number of carbonyl (C=O) groups excluding carboxylic acids is 6. The van der Waals surface area contributed by atoms with E-state index in [9.17, 15) is 50.7 Å². The van der Waals surface area contributed by atoms with Crippen LogP contribution in [0.25, 0.3) is 0 Å². The molecular formula is C29H35F5N2O13. The molecule has 5 unspecified atom stereocenters. The quantitative estimate of drug-likeness (QED) is 0.0447. The first-order valence-electron chi connectivity index (χ1n) is 14.6. The van der Waals surface area contributed by atoms with E-state index in [0.717, 1.165) is 20.8 Å². The summed E-state index contributed by atoms with van der Waals surface area (Å²) in [5, 5.41) is 5.00. The zero-order valence-electron chi connectivity index (χ0n) is 26.7. The average Bonchev–Trinajstić information content (AvgIpc) is 3.01. The Labute approximate surface area is 276 Å². The molecule has 0 bridgehead atoms. The molecule has 0 saturated carbocycles. The maximum Gasteiger partial charge on any atom is 0.311 e. The minimum atomic E-state index is -2.41. The van der Waals surface area contributed by atoms with Crippen LogP contribution in [0.15, 0.2) is 0 Å². The maximum absolute atomic E-state index is 13.6. The zero-order valence-corrected chi connectivity index (χ0v) is 26.7. The standard InChI is InChI=1S/C29H35F5N2O13/c1-13(37)36-25-28(47-16(4)40)26(46-15(3)39)17(12-45-14(2)38)48-29(25)44-11-10-43-9-8-35-18(41)6-5-7-19(42)49-27-23(33)21(31)20(30)22(32)24(27)34/h17,25-26,28-29H,5-12H2,1-4H3,(H,35,41)(H,36,37). The molecule has 15 nitrogen and oxygen atoms in total. The minimum absolute atomic E-state index is 0.00860. The second-order valence-electron chi connectivity index (χ2n) is 10.3. The van der Waals surface area contributed by atoms with Crippen LogP contribution in [0.5, 0.6) is 5.75 Å². The largest absolute Gasteiger partial charge is 0.463 e. The van der Waals surface area contributed by atoms with Crippen LogP contribution >= 0.6 is 0 Å². The Hall–Kier alpha value is -4.43. The van der Waals surface area contributed by atoms with Crippen LogP contribution in [0.2, 0.25) is 0 Å². The van der Waals surface area contributed by atoms with E-state index in [4.69, 9.17) is 28.4 Å². The lowest BCUT2D eigenvalue weighted by molar-refractivity contribution is -0.279. The maximum atomic E-state index is 13.6. The molecule has 0 aromatic heterocycles. The SMILES string of the molecule is CC(=O)NC1C(OCCOCCNC(=O)CCCC(=O)Oc2c(F)c(F)c(F)c(F)c2F)OC(COC(C)=O)C(OC(C)=O)C1OC(C)=O. The third-order valence-corrected chi connectivity index (χ3v) is 6.32. The second-order valence-corrected chi connectivity index (χ2v) is 10.3. The molecule has 0 spiro atoms. The van der Waals surface area contributed by atoms with E-state index in [-0.39, 0.29) is 39.2 Å². The number of benzene rings is 1. The molecule has 5 atom stereocenters. The van der Waals surface area contributed by atoms with Gasteiger partial charge in [-0.05, 0) is 6.42 Å². The van der Waals surface area contributed by atoms with E-state index in [1.807, 2.05) is 0 Å². The Balaban J connectivity index is 1.83. The van der Waals surface area contributed by atoms with Crippen LogP contribution < -0.4 is 15.4 Å². The van der Waals surface area contributed by atoms with Crippen molar-refractivity contribution in [3.8, 4) is 5.75 Å². The third-order valence-electron chi connectivity index (χ3n) is 6.32. The predicted molar refractivity (Wildman–Crippen MR) is 150 cm³/mol. The molecule has 1 fully saturated rings. The lowest BCUT2D eigenvalue weighted by Gasteiger charge is -2.44. The molecule has 274 valence electrons. The Morgan fingerprint density at radius 2 is 1.33 bits per heavy atom. The number of esters is 4. The van der Waals surface area contributed by atoms with E-state index >= 15 is 0 Å². The summed E-state index contributed by atoms with van der Waals surface area (Å²) >= 11 is 0. The molecule has 2 amide bonds. The Kier molecular flexibility index (Phi) is 16.2. The van der Waals surface area contributed by atoms with E-state index in [1.165, 1.54) is 6.92 Å². The molecule has 20 heteroatoms. The lowest BCUT2D eigenvalue weighted by Crippen LogP contribution is -2.66. The molecular weight excluding hydrogens is 679 g/mol. The topological polar surface area (TPSA) is 191 Å². The van der Waals surface area contributed by atoms with Gasteiger partial charge in [-0.25, -0.2) is 13.2 Å². The monoisotopic (exact) mass is 714 g/mol. The van der Waals surface area contributed by atoms with Crippen LogP contribution in [0.1, 0.15) is 47.0 Å². The molecule has 1 heterocycles. The molecule has 2 N–H and O–H groups in total. The summed E-state index contributed by atoms with van der Waals surface area (Å²) in [6.07, 6.45) is -6.09. The summed E-state index contributed by atoms with van der Waals surface area (Å²) in [5.41, 5.74) is 0. The Bertz CT molecular complexity index is 1350. The molecule has 49 heavy (non-hydrogen) atoms. The van der Waals surface area contributed by atoms with Crippen molar-refractivity contribution >= 4 is 35.7 Å². The number of hydrogen-bond acceptors (Lipinski definition) is 13. The van der Waals surface area contributed by atoms with Crippen molar-refractivity contribution in [3.63, 3.8) is 0 Å². The summed E-state index contributed by atoms with van der Waals surface area (Å²) in [6.45, 7) is 3.81. The number of amides is 2. The molecule has 1 aromatic carbocycles. The van der Waals surface area contributed by atoms with E-state index in [1.54, 1.807) is 0 Å². The van der Waals surface area contributed by atoms with Gasteiger partial charge in [0, 0.05) is 47.1 Å². The first-order valence-corrected chi connectivity index (χ1v) is 14.6. The molecule has 1 saturated heterocycles. The zero-order chi connectivity index (χ0) is 36.8. The van der Waals surface area contributed by atoms with Gasteiger partial charge in [0.25, 0.3) is 0 Å². The highest BCUT2D eigenvalue weighted by Gasteiger charge is 2.51. The first-order chi connectivity index (χ1) is 23.0. The molecule has 1 aromatic rings. The fourth-order valence-electron chi connectivity index (χ4n) is 4.34. The molecule has 2 rings (SSSR count). The van der Waals surface area contributed by atoms with E-state index < -0.39 is 114 Å². The van der Waals surface area contributed by atoms with Gasteiger partial charge in [-0.3, -0.25) is 28.8 Å². The van der Waals surface area contributed by atoms with Crippen LogP contribution in [-0.2, 0) is 57.2 Å². The van der Waals surface area contributed by atoms with E-state index in [2.05, 4.69) is 15.4 Å². The van der Waals surface area contributed by atoms with Crippen molar-refractivity contribution in [2.45, 2.75) is 77.6 Å². The van der Waals surface area contributed by atoms with Crippen LogP contribution in [0.4, 0.5) is 22.0 Å². The fourth-order valence-corrected chi connectivity index (χ4v) is 4.34. The third kappa shape index (κ3) is 12.8. The van der Waals surface area contributed by atoms with Crippen LogP contribution in [0.3, 0.4) is 0 Å². The van der Waals surface area contributed by atoms with Gasteiger partial charge in [-0.1, -0.05) is 0 Å². The van der Waals surface area contributed by atoms with Crippen molar-refractivity contribution in [1.82, 2.24) is 10.6 Å². The van der Waals surface area contributed by atoms with Crippen molar-refractivity contribution in [3.05, 3.63) is 29.1 Å².